The molecule has 0 N–H and O–H groups in total. The van der Waals surface area contributed by atoms with Crippen LogP contribution in [0.25, 0.3) is 6.08 Å². The SMILES string of the molecule is C=CCOc1ccccc1/C=C1/SC(=O)N(C(N2CCN(c3cccc(Cl)c3)CC2)C(Cl)(Cl)Cl)C1=O. The molecule has 4 rings (SSSR count). The number of carbonyl (C=O) groups excluding carboxylic acids is 2. The molecule has 190 valence electrons. The first-order valence-electron chi connectivity index (χ1n) is 11.1. The van der Waals surface area contributed by atoms with Crippen LogP contribution in [0.4, 0.5) is 10.5 Å². The van der Waals surface area contributed by atoms with Gasteiger partial charge < -0.3 is 9.64 Å². The van der Waals surface area contributed by atoms with Gasteiger partial charge in [0.2, 0.25) is 3.79 Å². The van der Waals surface area contributed by atoms with Gasteiger partial charge in [-0.1, -0.05) is 83.3 Å². The first kappa shape index (κ1) is 27.2. The van der Waals surface area contributed by atoms with E-state index in [1.54, 1.807) is 24.3 Å². The van der Waals surface area contributed by atoms with Gasteiger partial charge in [-0.05, 0) is 42.1 Å². The van der Waals surface area contributed by atoms with E-state index in [4.69, 9.17) is 51.1 Å². The number of amides is 2. The van der Waals surface area contributed by atoms with E-state index in [0.29, 0.717) is 49.1 Å². The molecule has 2 fully saturated rings. The fourth-order valence-electron chi connectivity index (χ4n) is 4.13. The quantitative estimate of drug-likeness (QED) is 0.211. The van der Waals surface area contributed by atoms with Gasteiger partial charge in [-0.3, -0.25) is 14.5 Å². The summed E-state index contributed by atoms with van der Waals surface area (Å²) in [7, 11) is 0. The van der Waals surface area contributed by atoms with Crippen LogP contribution < -0.4 is 9.64 Å². The van der Waals surface area contributed by atoms with Crippen LogP contribution in [0.3, 0.4) is 0 Å². The molecule has 2 amide bonds. The van der Waals surface area contributed by atoms with Crippen LogP contribution in [-0.4, -0.2) is 63.7 Å². The molecule has 1 atom stereocenters. The van der Waals surface area contributed by atoms with Crippen molar-refractivity contribution in [2.75, 3.05) is 37.7 Å². The summed E-state index contributed by atoms with van der Waals surface area (Å²) in [6.07, 6.45) is 2.19. The van der Waals surface area contributed by atoms with Crippen LogP contribution in [0.15, 0.2) is 66.1 Å². The Kier molecular flexibility index (Phi) is 8.81. The summed E-state index contributed by atoms with van der Waals surface area (Å²) in [6, 6.07) is 14.8. The Hall–Kier alpha value is -1.87. The zero-order chi connectivity index (χ0) is 25.9. The first-order valence-corrected chi connectivity index (χ1v) is 13.4. The Morgan fingerprint density at radius 1 is 1.06 bits per heavy atom. The molecule has 36 heavy (non-hydrogen) atoms. The summed E-state index contributed by atoms with van der Waals surface area (Å²) in [5.74, 6) is 0.0522. The number of alkyl halides is 3. The molecule has 1 unspecified atom stereocenters. The highest BCUT2D eigenvalue weighted by Crippen LogP contribution is 2.43. The molecular formula is C25H23Cl4N3O3S. The molecule has 6 nitrogen and oxygen atoms in total. The molecular weight excluding hydrogens is 564 g/mol. The average Bonchev–Trinajstić information content (AvgIpc) is 3.11. The van der Waals surface area contributed by atoms with Gasteiger partial charge in [-0.2, -0.15) is 0 Å². The van der Waals surface area contributed by atoms with Crippen LogP contribution in [-0.2, 0) is 4.79 Å². The highest BCUT2D eigenvalue weighted by Gasteiger charge is 2.51. The zero-order valence-electron chi connectivity index (χ0n) is 19.1. The number of carbonyl (C=O) groups is 2. The summed E-state index contributed by atoms with van der Waals surface area (Å²) < 4.78 is 3.76. The molecule has 0 radical (unpaired) electrons. The Balaban J connectivity index is 1.55. The predicted octanol–water partition coefficient (Wildman–Crippen LogP) is 6.46. The molecule has 2 aliphatic rings. The lowest BCUT2D eigenvalue weighted by atomic mass is 10.2. The molecule has 2 aromatic rings. The Labute approximate surface area is 234 Å². The molecule has 2 aliphatic heterocycles. The van der Waals surface area contributed by atoms with Gasteiger partial charge in [0, 0.05) is 42.5 Å². The highest BCUT2D eigenvalue weighted by molar-refractivity contribution is 8.18. The number of rotatable bonds is 7. The number of halogens is 4. The Morgan fingerprint density at radius 2 is 1.78 bits per heavy atom. The van der Waals surface area contributed by atoms with Crippen molar-refractivity contribution in [3.8, 4) is 5.75 Å². The molecule has 2 saturated heterocycles. The maximum atomic E-state index is 13.4. The fraction of sp³-hybridized carbons (Fsp3) is 0.280. The summed E-state index contributed by atoms with van der Waals surface area (Å²) in [6.45, 7) is 6.13. The first-order chi connectivity index (χ1) is 17.2. The summed E-state index contributed by atoms with van der Waals surface area (Å²) in [4.78, 5) is 31.8. The van der Waals surface area contributed by atoms with Gasteiger partial charge in [0.25, 0.3) is 11.1 Å². The second-order valence-corrected chi connectivity index (χ2v) is 11.9. The molecule has 0 spiro atoms. The van der Waals surface area contributed by atoms with Gasteiger partial charge in [0.15, 0.2) is 0 Å². The lowest BCUT2D eigenvalue weighted by Gasteiger charge is -2.44. The number of benzene rings is 2. The van der Waals surface area contributed by atoms with E-state index in [1.807, 2.05) is 41.3 Å². The number of piperazine rings is 1. The van der Waals surface area contributed by atoms with Crippen molar-refractivity contribution in [3.63, 3.8) is 0 Å². The van der Waals surface area contributed by atoms with E-state index < -0.39 is 21.1 Å². The molecule has 2 aromatic carbocycles. The van der Waals surface area contributed by atoms with Crippen molar-refractivity contribution in [2.45, 2.75) is 9.96 Å². The van der Waals surface area contributed by atoms with E-state index >= 15 is 0 Å². The summed E-state index contributed by atoms with van der Waals surface area (Å²) in [5.41, 5.74) is 1.64. The molecule has 0 aromatic heterocycles. The summed E-state index contributed by atoms with van der Waals surface area (Å²) in [5, 5.41) is 0.152. The van der Waals surface area contributed by atoms with Crippen LogP contribution in [0, 0.1) is 0 Å². The topological polar surface area (TPSA) is 53.1 Å². The standard InChI is InChI=1S/C25H23Cl4N3O3S/c1-2-14-35-20-9-4-3-6-17(20)15-21-22(33)32(24(34)36-21)23(25(27,28)29)31-12-10-30(11-13-31)19-8-5-7-18(26)16-19/h2-9,15-16,23H,1,10-14H2/b21-15+. The van der Waals surface area contributed by atoms with E-state index in [9.17, 15) is 9.59 Å². The zero-order valence-corrected chi connectivity index (χ0v) is 22.9. The number of thioether (sulfide) groups is 1. The lowest BCUT2D eigenvalue weighted by molar-refractivity contribution is -0.127. The van der Waals surface area contributed by atoms with Crippen molar-refractivity contribution < 1.29 is 14.3 Å². The fourth-order valence-corrected chi connectivity index (χ4v) is 5.86. The van der Waals surface area contributed by atoms with Gasteiger partial charge in [0.05, 0.1) is 4.91 Å². The number of hydrogen-bond acceptors (Lipinski definition) is 6. The van der Waals surface area contributed by atoms with Gasteiger partial charge >= 0.3 is 0 Å². The molecule has 0 bridgehead atoms. The van der Waals surface area contributed by atoms with Crippen molar-refractivity contribution in [1.82, 2.24) is 9.80 Å². The smallest absolute Gasteiger partial charge is 0.295 e. The minimum absolute atomic E-state index is 0.228. The third kappa shape index (κ3) is 6.15. The summed E-state index contributed by atoms with van der Waals surface area (Å²) >= 11 is 26.0. The largest absolute Gasteiger partial charge is 0.489 e. The second-order valence-electron chi connectivity index (χ2n) is 8.11. The molecule has 0 saturated carbocycles. The van der Waals surface area contributed by atoms with Gasteiger partial charge in [-0.15, -0.1) is 0 Å². The van der Waals surface area contributed by atoms with Crippen LogP contribution in [0.2, 0.25) is 5.02 Å². The van der Waals surface area contributed by atoms with Crippen LogP contribution in [0.5, 0.6) is 5.75 Å². The van der Waals surface area contributed by atoms with E-state index in [2.05, 4.69) is 11.5 Å². The predicted molar refractivity (Wildman–Crippen MR) is 149 cm³/mol. The van der Waals surface area contributed by atoms with Crippen LogP contribution in [0.1, 0.15) is 5.56 Å². The maximum absolute atomic E-state index is 13.4. The number of anilines is 1. The van der Waals surface area contributed by atoms with Crippen LogP contribution >= 0.6 is 58.2 Å². The normalized spacial score (nSPS) is 19.2. The Bertz CT molecular complexity index is 1180. The van der Waals surface area contributed by atoms with Crippen molar-refractivity contribution in [2.24, 2.45) is 0 Å². The van der Waals surface area contributed by atoms with Crippen molar-refractivity contribution in [1.29, 1.82) is 0 Å². The van der Waals surface area contributed by atoms with Crippen molar-refractivity contribution in [3.05, 3.63) is 76.7 Å². The monoisotopic (exact) mass is 585 g/mol. The third-order valence-electron chi connectivity index (χ3n) is 5.76. The highest BCUT2D eigenvalue weighted by atomic mass is 35.6. The number of hydrogen-bond donors (Lipinski definition) is 0. The average molecular weight is 587 g/mol. The lowest BCUT2D eigenvalue weighted by Crippen LogP contribution is -2.61. The third-order valence-corrected chi connectivity index (χ3v) is 7.46. The molecule has 0 aliphatic carbocycles. The number of imide groups is 1. The van der Waals surface area contributed by atoms with Gasteiger partial charge in [-0.25, -0.2) is 4.90 Å². The molecule has 11 heteroatoms. The van der Waals surface area contributed by atoms with Crippen molar-refractivity contribution >= 4 is 81.1 Å². The van der Waals surface area contributed by atoms with E-state index in [0.717, 1.165) is 22.3 Å². The maximum Gasteiger partial charge on any atom is 0.295 e. The Morgan fingerprint density at radius 3 is 2.44 bits per heavy atom. The van der Waals surface area contributed by atoms with Gasteiger partial charge in [0.1, 0.15) is 18.5 Å². The number of nitrogens with zero attached hydrogens (tertiary/aromatic N) is 3. The van der Waals surface area contributed by atoms with E-state index in [-0.39, 0.29) is 4.91 Å². The number of para-hydroxylation sites is 1. The number of ether oxygens (including phenoxy) is 1. The second kappa shape index (κ2) is 11.7. The molecule has 2 heterocycles. The minimum atomic E-state index is -1.91. The minimum Gasteiger partial charge on any atom is -0.489 e. The van der Waals surface area contributed by atoms with E-state index in [1.165, 1.54) is 0 Å².